The first-order valence-electron chi connectivity index (χ1n) is 5.41. The molecule has 1 aliphatic heterocycles. The summed E-state index contributed by atoms with van der Waals surface area (Å²) >= 11 is 8.21. The predicted octanol–water partition coefficient (Wildman–Crippen LogP) is 3.12. The summed E-state index contributed by atoms with van der Waals surface area (Å²) in [5.41, 5.74) is 0. The number of hydrogen-bond acceptors (Lipinski definition) is 3. The highest BCUT2D eigenvalue weighted by Gasteiger charge is 2.28. The predicted molar refractivity (Wildman–Crippen MR) is 75.4 cm³/mol. The van der Waals surface area contributed by atoms with Crippen LogP contribution in [0.4, 0.5) is 0 Å². The summed E-state index contributed by atoms with van der Waals surface area (Å²) in [6.07, 6.45) is 0.390. The molecule has 1 N–H and O–H groups in total. The minimum Gasteiger partial charge on any atom is -0.393 e. The summed E-state index contributed by atoms with van der Waals surface area (Å²) in [5, 5.41) is 9.65. The normalized spacial score (nSPS) is 25.1. The summed E-state index contributed by atoms with van der Waals surface area (Å²) in [6, 6.07) is 1.84. The highest BCUT2D eigenvalue weighted by Crippen LogP contribution is 2.33. The molecule has 1 amide bonds. The molecule has 0 radical (unpaired) electrons. The number of aliphatic hydroxyl groups excluding tert-OH is 1. The molecule has 0 spiro atoms. The molecule has 1 aromatic rings. The van der Waals surface area contributed by atoms with Crippen molar-refractivity contribution < 1.29 is 9.90 Å². The van der Waals surface area contributed by atoms with Crippen molar-refractivity contribution in [1.29, 1.82) is 0 Å². The van der Waals surface area contributed by atoms with Crippen LogP contribution in [0.15, 0.2) is 14.3 Å². The summed E-state index contributed by atoms with van der Waals surface area (Å²) in [5.74, 6) is 0.208. The van der Waals surface area contributed by atoms with Crippen molar-refractivity contribution in [3.63, 3.8) is 0 Å². The molecule has 17 heavy (non-hydrogen) atoms. The van der Waals surface area contributed by atoms with Crippen LogP contribution in [0.25, 0.3) is 0 Å². The van der Waals surface area contributed by atoms with Gasteiger partial charge >= 0.3 is 0 Å². The van der Waals surface area contributed by atoms with Crippen LogP contribution in [0.2, 0.25) is 0 Å². The molecule has 0 bridgehead atoms. The van der Waals surface area contributed by atoms with Crippen LogP contribution < -0.4 is 0 Å². The molecule has 1 aromatic heterocycles. The minimum atomic E-state index is -0.277. The molecule has 1 aliphatic rings. The topological polar surface area (TPSA) is 40.5 Å². The van der Waals surface area contributed by atoms with Gasteiger partial charge in [-0.2, -0.15) is 0 Å². The third-order valence-electron chi connectivity index (χ3n) is 3.00. The van der Waals surface area contributed by atoms with Gasteiger partial charge in [0.15, 0.2) is 0 Å². The Morgan fingerprint density at radius 1 is 1.59 bits per heavy atom. The summed E-state index contributed by atoms with van der Waals surface area (Å²) < 4.78 is 1.85. The fourth-order valence-corrected chi connectivity index (χ4v) is 3.93. The zero-order valence-electron chi connectivity index (χ0n) is 9.32. The second-order valence-corrected chi connectivity index (χ2v) is 7.54. The van der Waals surface area contributed by atoms with E-state index in [4.69, 9.17) is 0 Å². The number of carbonyl (C=O) groups is 1. The highest BCUT2D eigenvalue weighted by atomic mass is 79.9. The Labute approximate surface area is 121 Å². The van der Waals surface area contributed by atoms with Gasteiger partial charge in [0.2, 0.25) is 0 Å². The van der Waals surface area contributed by atoms with Gasteiger partial charge in [0.05, 0.1) is 14.8 Å². The van der Waals surface area contributed by atoms with E-state index in [0.29, 0.717) is 19.5 Å². The first kappa shape index (κ1) is 13.5. The molecule has 0 saturated carbocycles. The summed E-state index contributed by atoms with van der Waals surface area (Å²) in [4.78, 5) is 14.8. The first-order chi connectivity index (χ1) is 7.99. The van der Waals surface area contributed by atoms with Gasteiger partial charge in [0, 0.05) is 17.6 Å². The lowest BCUT2D eigenvalue weighted by Crippen LogP contribution is -2.44. The Morgan fingerprint density at radius 3 is 2.82 bits per heavy atom. The van der Waals surface area contributed by atoms with Crippen LogP contribution in [0, 0.1) is 5.92 Å². The number of carbonyl (C=O) groups excluding carboxylic acids is 1. The van der Waals surface area contributed by atoms with Gasteiger partial charge < -0.3 is 10.0 Å². The largest absolute Gasteiger partial charge is 0.393 e. The van der Waals surface area contributed by atoms with Crippen molar-refractivity contribution in [2.75, 3.05) is 13.1 Å². The van der Waals surface area contributed by atoms with E-state index in [1.807, 2.05) is 17.9 Å². The SMILES string of the molecule is CC1CN(C(=O)c2cc(Br)c(Br)s2)CCC1O. The van der Waals surface area contributed by atoms with E-state index in [0.717, 1.165) is 13.1 Å². The van der Waals surface area contributed by atoms with Crippen LogP contribution in [-0.4, -0.2) is 35.1 Å². The number of halogens is 2. The van der Waals surface area contributed by atoms with Crippen molar-refractivity contribution in [1.82, 2.24) is 4.90 Å². The van der Waals surface area contributed by atoms with E-state index in [1.165, 1.54) is 11.3 Å². The monoisotopic (exact) mass is 381 g/mol. The molecule has 0 aliphatic carbocycles. The van der Waals surface area contributed by atoms with Gasteiger partial charge in [-0.3, -0.25) is 4.79 Å². The standard InChI is InChI=1S/C11H13Br2NO2S/c1-6-5-14(3-2-8(6)15)11(16)9-4-7(12)10(13)17-9/h4,6,8,15H,2-3,5H2,1H3. The van der Waals surface area contributed by atoms with Crippen molar-refractivity contribution in [2.24, 2.45) is 5.92 Å². The van der Waals surface area contributed by atoms with E-state index < -0.39 is 0 Å². The van der Waals surface area contributed by atoms with Crippen LogP contribution >= 0.6 is 43.2 Å². The molecular weight excluding hydrogens is 370 g/mol. The van der Waals surface area contributed by atoms with E-state index in [1.54, 1.807) is 0 Å². The van der Waals surface area contributed by atoms with Gasteiger partial charge in [-0.1, -0.05) is 6.92 Å². The fraction of sp³-hybridized carbons (Fsp3) is 0.545. The smallest absolute Gasteiger partial charge is 0.264 e. The molecule has 2 rings (SSSR count). The lowest BCUT2D eigenvalue weighted by Gasteiger charge is -2.34. The Morgan fingerprint density at radius 2 is 2.29 bits per heavy atom. The number of aliphatic hydroxyl groups is 1. The average molecular weight is 383 g/mol. The van der Waals surface area contributed by atoms with E-state index in [9.17, 15) is 9.90 Å². The summed E-state index contributed by atoms with van der Waals surface area (Å²) in [6.45, 7) is 3.25. The first-order valence-corrected chi connectivity index (χ1v) is 7.81. The number of hydrogen-bond donors (Lipinski definition) is 1. The number of nitrogens with zero attached hydrogens (tertiary/aromatic N) is 1. The van der Waals surface area contributed by atoms with Crippen molar-refractivity contribution in [2.45, 2.75) is 19.4 Å². The molecule has 3 nitrogen and oxygen atoms in total. The number of piperidine rings is 1. The van der Waals surface area contributed by atoms with Gasteiger partial charge in [0.1, 0.15) is 0 Å². The maximum Gasteiger partial charge on any atom is 0.264 e. The second-order valence-electron chi connectivity index (χ2n) is 4.32. The Kier molecular flexibility index (Phi) is 4.28. The van der Waals surface area contributed by atoms with Gasteiger partial charge in [-0.25, -0.2) is 0 Å². The average Bonchev–Trinajstić information content (AvgIpc) is 2.62. The molecule has 2 heterocycles. The van der Waals surface area contributed by atoms with Gasteiger partial charge in [-0.05, 0) is 50.3 Å². The van der Waals surface area contributed by atoms with Crippen LogP contribution in [0.5, 0.6) is 0 Å². The molecule has 1 saturated heterocycles. The second kappa shape index (κ2) is 5.38. The van der Waals surface area contributed by atoms with Crippen LogP contribution in [0.3, 0.4) is 0 Å². The Balaban J connectivity index is 2.10. The maximum atomic E-state index is 12.2. The molecule has 2 atom stereocenters. The quantitative estimate of drug-likeness (QED) is 0.810. The highest BCUT2D eigenvalue weighted by molar-refractivity contribution is 9.13. The van der Waals surface area contributed by atoms with Gasteiger partial charge in [-0.15, -0.1) is 11.3 Å². The van der Waals surface area contributed by atoms with E-state index in [-0.39, 0.29) is 17.9 Å². The minimum absolute atomic E-state index is 0.0557. The lowest BCUT2D eigenvalue weighted by atomic mass is 9.97. The number of likely N-dealkylation sites (tertiary alicyclic amines) is 1. The zero-order chi connectivity index (χ0) is 12.6. The van der Waals surface area contributed by atoms with Crippen molar-refractivity contribution >= 4 is 49.1 Å². The number of rotatable bonds is 1. The molecule has 0 aromatic carbocycles. The summed E-state index contributed by atoms with van der Waals surface area (Å²) in [7, 11) is 0. The number of thiophene rings is 1. The Hall–Kier alpha value is 0.0900. The van der Waals surface area contributed by atoms with E-state index in [2.05, 4.69) is 31.9 Å². The molecule has 94 valence electrons. The Bertz CT molecular complexity index is 416. The fourth-order valence-electron chi connectivity index (χ4n) is 1.93. The van der Waals surface area contributed by atoms with Gasteiger partial charge in [0.25, 0.3) is 5.91 Å². The maximum absolute atomic E-state index is 12.2. The third kappa shape index (κ3) is 2.92. The molecule has 1 fully saturated rings. The van der Waals surface area contributed by atoms with E-state index >= 15 is 0 Å². The molecule has 2 unspecified atom stereocenters. The third-order valence-corrected chi connectivity index (χ3v) is 6.25. The van der Waals surface area contributed by atoms with Crippen molar-refractivity contribution in [3.8, 4) is 0 Å². The number of amides is 1. The zero-order valence-corrected chi connectivity index (χ0v) is 13.3. The molecular formula is C11H13Br2NO2S. The van der Waals surface area contributed by atoms with Crippen LogP contribution in [0.1, 0.15) is 23.0 Å². The van der Waals surface area contributed by atoms with Crippen molar-refractivity contribution in [3.05, 3.63) is 19.2 Å². The lowest BCUT2D eigenvalue weighted by molar-refractivity contribution is 0.0300. The molecule has 6 heteroatoms. The van der Waals surface area contributed by atoms with Crippen LogP contribution in [-0.2, 0) is 0 Å².